The zero-order chi connectivity index (χ0) is 17.8. The summed E-state index contributed by atoms with van der Waals surface area (Å²) in [7, 11) is 0. The molecule has 3 rings (SSSR count). The second-order valence-corrected chi connectivity index (χ2v) is 8.94. The van der Waals surface area contributed by atoms with Crippen LogP contribution in [0.25, 0.3) is 0 Å². The van der Waals surface area contributed by atoms with Gasteiger partial charge in [-0.25, -0.2) is 0 Å². The third-order valence-corrected chi connectivity index (χ3v) is 7.14. The lowest BCUT2D eigenvalue weighted by Gasteiger charge is -2.37. The van der Waals surface area contributed by atoms with E-state index in [4.69, 9.17) is 0 Å². The number of hydrogen-bond donors (Lipinski definition) is 0. The summed E-state index contributed by atoms with van der Waals surface area (Å²) in [6.07, 6.45) is 11.9. The van der Waals surface area contributed by atoms with Crippen molar-refractivity contribution in [3.63, 3.8) is 0 Å². The van der Waals surface area contributed by atoms with Crippen LogP contribution < -0.4 is 0 Å². The molecule has 0 aromatic heterocycles. The van der Waals surface area contributed by atoms with Gasteiger partial charge < -0.3 is 0 Å². The molecule has 2 saturated carbocycles. The van der Waals surface area contributed by atoms with Gasteiger partial charge in [0.05, 0.1) is 0 Å². The van der Waals surface area contributed by atoms with Crippen LogP contribution in [0.1, 0.15) is 100 Å². The van der Waals surface area contributed by atoms with E-state index in [1.807, 2.05) is 0 Å². The van der Waals surface area contributed by atoms with E-state index >= 15 is 0 Å². The molecule has 0 saturated heterocycles. The maximum Gasteiger partial charge on any atom is 0.165 e. The molecule has 2 fully saturated rings. The molecule has 1 nitrogen and oxygen atoms in total. The first kappa shape index (κ1) is 18.7. The van der Waals surface area contributed by atoms with Crippen LogP contribution in [0, 0.1) is 23.7 Å². The monoisotopic (exact) mass is 340 g/mol. The first-order chi connectivity index (χ1) is 12.1. The fourth-order valence-electron chi connectivity index (χ4n) is 5.19. The summed E-state index contributed by atoms with van der Waals surface area (Å²) < 4.78 is 0. The summed E-state index contributed by atoms with van der Waals surface area (Å²) in [5.74, 6) is 4.02. The van der Waals surface area contributed by atoms with Crippen molar-refractivity contribution < 1.29 is 4.79 Å². The smallest absolute Gasteiger partial charge is 0.165 e. The highest BCUT2D eigenvalue weighted by Gasteiger charge is 2.32. The Morgan fingerprint density at radius 3 is 1.88 bits per heavy atom. The Bertz CT molecular complexity index is 540. The lowest BCUT2D eigenvalue weighted by Crippen LogP contribution is -2.28. The SMILES string of the molecule is CCC1CCC(C2CCC(C(=O)c3ccc(C(C)C)cc3)CC2)CC1. The Hall–Kier alpha value is -1.11. The Morgan fingerprint density at radius 2 is 1.40 bits per heavy atom. The first-order valence-electron chi connectivity index (χ1n) is 10.7. The second-order valence-electron chi connectivity index (χ2n) is 8.94. The summed E-state index contributed by atoms with van der Waals surface area (Å²) in [4.78, 5) is 12.8. The zero-order valence-electron chi connectivity index (χ0n) is 16.5. The lowest BCUT2D eigenvalue weighted by atomic mass is 9.68. The van der Waals surface area contributed by atoms with Crippen LogP contribution in [-0.2, 0) is 0 Å². The van der Waals surface area contributed by atoms with E-state index < -0.39 is 0 Å². The van der Waals surface area contributed by atoms with Crippen molar-refractivity contribution in [2.45, 2.75) is 84.5 Å². The largest absolute Gasteiger partial charge is 0.294 e. The average molecular weight is 341 g/mol. The van der Waals surface area contributed by atoms with Crippen LogP contribution in [0.2, 0.25) is 0 Å². The van der Waals surface area contributed by atoms with Gasteiger partial charge in [-0.2, -0.15) is 0 Å². The molecule has 2 aliphatic carbocycles. The van der Waals surface area contributed by atoms with E-state index in [0.29, 0.717) is 11.7 Å². The van der Waals surface area contributed by atoms with Gasteiger partial charge in [-0.05, 0) is 67.8 Å². The van der Waals surface area contributed by atoms with E-state index in [9.17, 15) is 4.79 Å². The second kappa shape index (κ2) is 8.52. The fourth-order valence-corrected chi connectivity index (χ4v) is 5.19. The molecule has 1 aromatic carbocycles. The molecule has 0 amide bonds. The Kier molecular flexibility index (Phi) is 6.36. The third kappa shape index (κ3) is 4.54. The molecule has 1 heteroatoms. The molecular formula is C24H36O. The fraction of sp³-hybridized carbons (Fsp3) is 0.708. The van der Waals surface area contributed by atoms with Gasteiger partial charge in [-0.15, -0.1) is 0 Å². The highest BCUT2D eigenvalue weighted by Crippen LogP contribution is 2.42. The van der Waals surface area contributed by atoms with Crippen LogP contribution in [0.4, 0.5) is 0 Å². The maximum absolute atomic E-state index is 12.8. The number of ketones is 1. The molecule has 0 N–H and O–H groups in total. The number of hydrogen-bond acceptors (Lipinski definition) is 1. The molecule has 0 heterocycles. The lowest BCUT2D eigenvalue weighted by molar-refractivity contribution is 0.0829. The van der Waals surface area contributed by atoms with Crippen molar-refractivity contribution >= 4 is 5.78 Å². The van der Waals surface area contributed by atoms with E-state index in [1.54, 1.807) is 0 Å². The topological polar surface area (TPSA) is 17.1 Å². The van der Waals surface area contributed by atoms with Crippen molar-refractivity contribution in [1.82, 2.24) is 0 Å². The summed E-state index contributed by atoms with van der Waals surface area (Å²) in [6, 6.07) is 8.37. The molecule has 25 heavy (non-hydrogen) atoms. The number of Topliss-reactive ketones (excluding diaryl/α,β-unsaturated/α-hetero) is 1. The molecule has 0 spiro atoms. The van der Waals surface area contributed by atoms with Gasteiger partial charge in [0, 0.05) is 11.5 Å². The predicted octanol–water partition coefficient (Wildman–Crippen LogP) is 7.02. The Morgan fingerprint density at radius 1 is 0.880 bits per heavy atom. The summed E-state index contributed by atoms with van der Waals surface area (Å²) in [6.45, 7) is 6.74. The van der Waals surface area contributed by atoms with E-state index in [2.05, 4.69) is 45.0 Å². The Balaban J connectivity index is 1.51. The van der Waals surface area contributed by atoms with Gasteiger partial charge in [0.1, 0.15) is 0 Å². The zero-order valence-corrected chi connectivity index (χ0v) is 16.5. The molecular weight excluding hydrogens is 304 g/mol. The molecule has 0 radical (unpaired) electrons. The number of benzene rings is 1. The minimum atomic E-state index is 0.271. The van der Waals surface area contributed by atoms with Crippen molar-refractivity contribution in [2.75, 3.05) is 0 Å². The summed E-state index contributed by atoms with van der Waals surface area (Å²) in [5.41, 5.74) is 2.25. The average Bonchev–Trinajstić information content (AvgIpc) is 2.67. The van der Waals surface area contributed by atoms with E-state index in [0.717, 1.165) is 36.2 Å². The number of carbonyl (C=O) groups is 1. The standard InChI is InChI=1S/C24H36O/c1-4-18-5-7-20(8-6-18)21-11-15-23(16-12-21)24(25)22-13-9-19(10-14-22)17(2)3/h9-10,13-14,17-18,20-21,23H,4-8,11-12,15-16H2,1-3H3. The summed E-state index contributed by atoms with van der Waals surface area (Å²) in [5, 5.41) is 0. The van der Waals surface area contributed by atoms with Crippen LogP contribution in [0.5, 0.6) is 0 Å². The minimum absolute atomic E-state index is 0.271. The van der Waals surface area contributed by atoms with Gasteiger partial charge in [-0.3, -0.25) is 4.79 Å². The van der Waals surface area contributed by atoms with Crippen LogP contribution in [-0.4, -0.2) is 5.78 Å². The van der Waals surface area contributed by atoms with Gasteiger partial charge in [0.15, 0.2) is 5.78 Å². The normalized spacial score (nSPS) is 30.4. The molecule has 0 bridgehead atoms. The van der Waals surface area contributed by atoms with Crippen LogP contribution >= 0.6 is 0 Å². The quantitative estimate of drug-likeness (QED) is 0.526. The van der Waals surface area contributed by atoms with Gasteiger partial charge in [0.25, 0.3) is 0 Å². The van der Waals surface area contributed by atoms with E-state index in [1.165, 1.54) is 50.5 Å². The minimum Gasteiger partial charge on any atom is -0.294 e. The predicted molar refractivity (Wildman–Crippen MR) is 106 cm³/mol. The van der Waals surface area contributed by atoms with Crippen molar-refractivity contribution in [3.05, 3.63) is 35.4 Å². The molecule has 2 aliphatic rings. The summed E-state index contributed by atoms with van der Waals surface area (Å²) >= 11 is 0. The van der Waals surface area contributed by atoms with Gasteiger partial charge in [0.2, 0.25) is 0 Å². The van der Waals surface area contributed by atoms with Crippen LogP contribution in [0.15, 0.2) is 24.3 Å². The molecule has 138 valence electrons. The van der Waals surface area contributed by atoms with Crippen molar-refractivity contribution in [1.29, 1.82) is 0 Å². The maximum atomic E-state index is 12.8. The highest BCUT2D eigenvalue weighted by molar-refractivity contribution is 5.97. The van der Waals surface area contributed by atoms with E-state index in [-0.39, 0.29) is 5.92 Å². The van der Waals surface area contributed by atoms with Gasteiger partial charge in [-0.1, -0.05) is 64.3 Å². The first-order valence-corrected chi connectivity index (χ1v) is 10.7. The number of rotatable bonds is 5. The van der Waals surface area contributed by atoms with Crippen molar-refractivity contribution in [3.8, 4) is 0 Å². The van der Waals surface area contributed by atoms with Crippen LogP contribution in [0.3, 0.4) is 0 Å². The molecule has 1 aromatic rings. The highest BCUT2D eigenvalue weighted by atomic mass is 16.1. The Labute approximate surface area is 154 Å². The number of carbonyl (C=O) groups excluding carboxylic acids is 1. The third-order valence-electron chi connectivity index (χ3n) is 7.14. The molecule has 0 aliphatic heterocycles. The van der Waals surface area contributed by atoms with Gasteiger partial charge >= 0.3 is 0 Å². The van der Waals surface area contributed by atoms with Crippen molar-refractivity contribution in [2.24, 2.45) is 23.7 Å². The molecule has 0 unspecified atom stereocenters. The molecule has 0 atom stereocenters.